The lowest BCUT2D eigenvalue weighted by Crippen LogP contribution is -2.23. The third-order valence-corrected chi connectivity index (χ3v) is 7.78. The van der Waals surface area contributed by atoms with Crippen molar-refractivity contribution in [1.82, 2.24) is 0 Å². The van der Waals surface area contributed by atoms with Crippen LogP contribution in [0.25, 0.3) is 33.4 Å². The van der Waals surface area contributed by atoms with Crippen molar-refractivity contribution in [2.24, 2.45) is 0 Å². The summed E-state index contributed by atoms with van der Waals surface area (Å²) in [6, 6.07) is 22.0. The summed E-state index contributed by atoms with van der Waals surface area (Å²) in [6.07, 6.45) is 0. The number of benzene rings is 4. The van der Waals surface area contributed by atoms with E-state index in [-0.39, 0.29) is 0 Å². The lowest BCUT2D eigenvalue weighted by atomic mass is 9.76. The fourth-order valence-corrected chi connectivity index (χ4v) is 5.97. The molecule has 0 unspecified atom stereocenters. The second kappa shape index (κ2) is 6.36. The first kappa shape index (κ1) is 20.0. The standard InChI is InChI=1S/C31H18O4/c1-31(2)25-13-19-15-7-3-5-9-17(15)27(32)29(34)23(19)11-21(25)22-12-24-20(14-26(22)31)16-8-4-6-10-18(16)28(33)30(24)35/h3-14H,1-2H3. The van der Waals surface area contributed by atoms with Crippen LogP contribution in [0.4, 0.5) is 0 Å². The predicted octanol–water partition coefficient (Wildman–Crippen LogP) is 6.08. The normalized spacial score (nSPS) is 16.2. The molecule has 4 nitrogen and oxygen atoms in total. The van der Waals surface area contributed by atoms with Crippen molar-refractivity contribution in [2.75, 3.05) is 0 Å². The Bertz CT molecular complexity index is 1610. The van der Waals surface area contributed by atoms with Gasteiger partial charge in [0.25, 0.3) is 0 Å². The molecule has 0 N–H and O–H groups in total. The fraction of sp³-hybridized carbons (Fsp3) is 0.0968. The maximum atomic E-state index is 13.1. The highest BCUT2D eigenvalue weighted by molar-refractivity contribution is 6.54. The second-order valence-electron chi connectivity index (χ2n) is 9.92. The minimum absolute atomic E-state index is 0.376. The Morgan fingerprint density at radius 2 is 0.743 bits per heavy atom. The maximum Gasteiger partial charge on any atom is 0.234 e. The summed E-state index contributed by atoms with van der Waals surface area (Å²) in [5.41, 5.74) is 7.93. The molecule has 166 valence electrons. The molecule has 0 bridgehead atoms. The second-order valence-corrected chi connectivity index (χ2v) is 9.92. The van der Waals surface area contributed by atoms with Gasteiger partial charge in [-0.05, 0) is 68.8 Å². The Kier molecular flexibility index (Phi) is 3.63. The van der Waals surface area contributed by atoms with Gasteiger partial charge in [-0.2, -0.15) is 0 Å². The zero-order valence-electron chi connectivity index (χ0n) is 19.1. The number of fused-ring (bicyclic) bond motifs is 9. The van der Waals surface area contributed by atoms with Gasteiger partial charge in [-0.3, -0.25) is 19.2 Å². The van der Waals surface area contributed by atoms with E-state index in [2.05, 4.69) is 13.8 Å². The van der Waals surface area contributed by atoms with E-state index in [1.807, 2.05) is 36.4 Å². The molecule has 0 aromatic heterocycles. The number of carbonyl (C=O) groups is 4. The van der Waals surface area contributed by atoms with Crippen LogP contribution in [-0.2, 0) is 5.41 Å². The minimum atomic E-state index is -0.522. The van der Waals surface area contributed by atoms with Gasteiger partial charge >= 0.3 is 0 Å². The third kappa shape index (κ3) is 2.36. The fourth-order valence-electron chi connectivity index (χ4n) is 5.97. The summed E-state index contributed by atoms with van der Waals surface area (Å²) in [5, 5.41) is 0. The van der Waals surface area contributed by atoms with Crippen molar-refractivity contribution >= 4 is 23.1 Å². The van der Waals surface area contributed by atoms with Gasteiger partial charge in [0, 0.05) is 27.7 Å². The van der Waals surface area contributed by atoms with Crippen LogP contribution in [0.15, 0.2) is 72.8 Å². The highest BCUT2D eigenvalue weighted by Gasteiger charge is 2.41. The molecule has 7 rings (SSSR count). The van der Waals surface area contributed by atoms with Gasteiger partial charge in [-0.1, -0.05) is 62.4 Å². The number of ketones is 4. The zero-order chi connectivity index (χ0) is 24.2. The number of Topliss-reactive ketones (excluding diaryl/α,β-unsaturated/α-hetero) is 4. The van der Waals surface area contributed by atoms with Gasteiger partial charge in [-0.15, -0.1) is 0 Å². The number of hydrogen-bond donors (Lipinski definition) is 0. The quantitative estimate of drug-likeness (QED) is 0.302. The summed E-state index contributed by atoms with van der Waals surface area (Å²) >= 11 is 0. The van der Waals surface area contributed by atoms with Crippen LogP contribution in [0.3, 0.4) is 0 Å². The lowest BCUT2D eigenvalue weighted by molar-refractivity contribution is 0.0815. The van der Waals surface area contributed by atoms with E-state index < -0.39 is 28.5 Å². The molecule has 4 heteroatoms. The molecule has 0 saturated heterocycles. The van der Waals surface area contributed by atoms with Crippen LogP contribution in [0.5, 0.6) is 0 Å². The van der Waals surface area contributed by atoms with Gasteiger partial charge in [-0.25, -0.2) is 0 Å². The Balaban J connectivity index is 1.53. The van der Waals surface area contributed by atoms with E-state index in [9.17, 15) is 19.2 Å². The molecule has 0 heterocycles. The summed E-state index contributed by atoms with van der Waals surface area (Å²) in [4.78, 5) is 51.8. The minimum Gasteiger partial charge on any atom is -0.285 e. The molecular weight excluding hydrogens is 436 g/mol. The Morgan fingerprint density at radius 1 is 0.400 bits per heavy atom. The van der Waals surface area contributed by atoms with Crippen molar-refractivity contribution < 1.29 is 19.2 Å². The van der Waals surface area contributed by atoms with E-state index in [1.54, 1.807) is 36.4 Å². The molecule has 0 fully saturated rings. The van der Waals surface area contributed by atoms with E-state index in [1.165, 1.54) is 0 Å². The topological polar surface area (TPSA) is 68.3 Å². The van der Waals surface area contributed by atoms with Crippen molar-refractivity contribution in [2.45, 2.75) is 19.3 Å². The molecule has 0 saturated carbocycles. The molecule has 0 atom stereocenters. The summed E-state index contributed by atoms with van der Waals surface area (Å²) in [5.74, 6) is -2.06. The van der Waals surface area contributed by atoms with Crippen LogP contribution in [0, 0.1) is 0 Å². The van der Waals surface area contributed by atoms with Crippen molar-refractivity contribution in [1.29, 1.82) is 0 Å². The van der Waals surface area contributed by atoms with Gasteiger partial charge in [0.15, 0.2) is 0 Å². The van der Waals surface area contributed by atoms with Gasteiger partial charge in [0.2, 0.25) is 23.1 Å². The zero-order valence-corrected chi connectivity index (χ0v) is 19.1. The monoisotopic (exact) mass is 454 g/mol. The predicted molar refractivity (Wildman–Crippen MR) is 132 cm³/mol. The number of hydrogen-bond acceptors (Lipinski definition) is 4. The first-order chi connectivity index (χ1) is 16.8. The Labute approximate surface area is 201 Å². The largest absolute Gasteiger partial charge is 0.285 e. The van der Waals surface area contributed by atoms with E-state index in [4.69, 9.17) is 0 Å². The van der Waals surface area contributed by atoms with Crippen molar-refractivity contribution in [3.63, 3.8) is 0 Å². The molecule has 3 aliphatic carbocycles. The third-order valence-electron chi connectivity index (χ3n) is 7.78. The van der Waals surface area contributed by atoms with Crippen LogP contribution >= 0.6 is 0 Å². The average molecular weight is 454 g/mol. The van der Waals surface area contributed by atoms with E-state index in [0.29, 0.717) is 22.3 Å². The highest BCUT2D eigenvalue weighted by atomic mass is 16.2. The Hall–Kier alpha value is -4.44. The van der Waals surface area contributed by atoms with E-state index in [0.717, 1.165) is 44.5 Å². The molecule has 0 radical (unpaired) electrons. The van der Waals surface area contributed by atoms with Crippen molar-refractivity contribution in [3.05, 3.63) is 106 Å². The van der Waals surface area contributed by atoms with E-state index >= 15 is 0 Å². The summed E-state index contributed by atoms with van der Waals surface area (Å²) in [6.45, 7) is 4.25. The molecular formula is C31H18O4. The van der Waals surface area contributed by atoms with Gasteiger partial charge in [0.1, 0.15) is 0 Å². The van der Waals surface area contributed by atoms with Crippen LogP contribution in [0.2, 0.25) is 0 Å². The molecule has 35 heavy (non-hydrogen) atoms. The van der Waals surface area contributed by atoms with Crippen LogP contribution < -0.4 is 0 Å². The average Bonchev–Trinajstić information content (AvgIpc) is 3.09. The molecule has 0 aliphatic heterocycles. The maximum absolute atomic E-state index is 13.1. The molecule has 0 amide bonds. The number of rotatable bonds is 0. The molecule has 0 spiro atoms. The highest BCUT2D eigenvalue weighted by Crippen LogP contribution is 2.53. The Morgan fingerprint density at radius 3 is 1.14 bits per heavy atom. The first-order valence-electron chi connectivity index (χ1n) is 11.5. The van der Waals surface area contributed by atoms with Crippen LogP contribution in [0.1, 0.15) is 66.4 Å². The van der Waals surface area contributed by atoms with Crippen LogP contribution in [-0.4, -0.2) is 23.1 Å². The SMILES string of the molecule is CC1(C)c2cc3c(cc2-c2cc4c(cc21)-c1ccccc1C(=O)C4=O)C(=O)C(=O)c1ccccc1-3. The molecule has 4 aromatic rings. The summed E-state index contributed by atoms with van der Waals surface area (Å²) in [7, 11) is 0. The smallest absolute Gasteiger partial charge is 0.234 e. The summed E-state index contributed by atoms with van der Waals surface area (Å²) < 4.78 is 0. The number of carbonyl (C=O) groups excluding carboxylic acids is 4. The van der Waals surface area contributed by atoms with Gasteiger partial charge in [0.05, 0.1) is 0 Å². The van der Waals surface area contributed by atoms with Crippen molar-refractivity contribution in [3.8, 4) is 33.4 Å². The first-order valence-corrected chi connectivity index (χ1v) is 11.5. The molecule has 3 aliphatic rings. The molecule has 4 aromatic carbocycles. The van der Waals surface area contributed by atoms with Gasteiger partial charge < -0.3 is 0 Å². The lowest BCUT2D eigenvalue weighted by Gasteiger charge is -2.25.